The number of para-hydroxylation sites is 1. The first-order valence-electron chi connectivity index (χ1n) is 9.58. The van der Waals surface area contributed by atoms with Crippen LogP contribution in [-0.4, -0.2) is 62.2 Å². The Balaban J connectivity index is 1.35. The number of hydrogen-bond acceptors (Lipinski definition) is 5. The molecule has 0 atom stereocenters. The molecule has 156 valence electrons. The van der Waals surface area contributed by atoms with Crippen molar-refractivity contribution in [2.75, 3.05) is 31.5 Å². The Morgan fingerprint density at radius 2 is 1.70 bits per heavy atom. The molecule has 2 aromatic carbocycles. The Morgan fingerprint density at radius 1 is 1.03 bits per heavy atom. The number of aryl methyl sites for hydroxylation is 1. The smallest absolute Gasteiger partial charge is 0.322 e. The van der Waals surface area contributed by atoms with Crippen molar-refractivity contribution in [3.63, 3.8) is 0 Å². The number of nitrogens with zero attached hydrogens (tertiary/aromatic N) is 6. The Labute approximate surface area is 172 Å². The number of piperazine rings is 1. The van der Waals surface area contributed by atoms with Crippen molar-refractivity contribution in [3.8, 4) is 5.69 Å². The zero-order valence-electron chi connectivity index (χ0n) is 16.4. The standard InChI is InChI=1S/C20H21F2N7O/c1-14-5-7-15(8-6-14)29-18(24-25-26-29)13-27-9-11-28(12-10-27)20(30)23-19-16(21)3-2-4-17(19)22/h2-8H,9-13H2,1H3,(H,23,30). The van der Waals surface area contributed by atoms with Crippen molar-refractivity contribution < 1.29 is 13.6 Å². The number of amides is 2. The van der Waals surface area contributed by atoms with Gasteiger partial charge in [0.25, 0.3) is 0 Å². The molecule has 0 aliphatic carbocycles. The average Bonchev–Trinajstić information content (AvgIpc) is 3.20. The first-order chi connectivity index (χ1) is 14.5. The van der Waals surface area contributed by atoms with E-state index in [-0.39, 0.29) is 0 Å². The fraction of sp³-hybridized carbons (Fsp3) is 0.300. The minimum Gasteiger partial charge on any atom is -0.322 e. The molecule has 3 aromatic rings. The molecule has 30 heavy (non-hydrogen) atoms. The largest absolute Gasteiger partial charge is 0.322 e. The fourth-order valence-electron chi connectivity index (χ4n) is 3.30. The summed E-state index contributed by atoms with van der Waals surface area (Å²) in [6, 6.07) is 10.8. The van der Waals surface area contributed by atoms with Crippen LogP contribution in [0.3, 0.4) is 0 Å². The van der Waals surface area contributed by atoms with Gasteiger partial charge in [0.15, 0.2) is 5.82 Å². The van der Waals surface area contributed by atoms with Gasteiger partial charge >= 0.3 is 6.03 Å². The number of aromatic nitrogens is 4. The maximum absolute atomic E-state index is 13.7. The van der Waals surface area contributed by atoms with Gasteiger partial charge in [-0.3, -0.25) is 4.90 Å². The van der Waals surface area contributed by atoms with Gasteiger partial charge in [-0.25, -0.2) is 13.6 Å². The van der Waals surface area contributed by atoms with E-state index in [2.05, 4.69) is 25.7 Å². The van der Waals surface area contributed by atoms with Crippen molar-refractivity contribution >= 4 is 11.7 Å². The topological polar surface area (TPSA) is 79.2 Å². The van der Waals surface area contributed by atoms with E-state index in [9.17, 15) is 13.6 Å². The first kappa shape index (κ1) is 19.9. The van der Waals surface area contributed by atoms with Gasteiger partial charge in [-0.15, -0.1) is 5.10 Å². The average molecular weight is 413 g/mol. The zero-order valence-corrected chi connectivity index (χ0v) is 16.4. The van der Waals surface area contributed by atoms with Crippen molar-refractivity contribution in [3.05, 3.63) is 65.5 Å². The molecule has 0 unspecified atom stereocenters. The molecule has 1 aliphatic heterocycles. The fourth-order valence-corrected chi connectivity index (χ4v) is 3.30. The number of rotatable bonds is 4. The van der Waals surface area contributed by atoms with Crippen molar-refractivity contribution in [1.29, 1.82) is 0 Å². The number of hydrogen-bond donors (Lipinski definition) is 1. The highest BCUT2D eigenvalue weighted by atomic mass is 19.1. The highest BCUT2D eigenvalue weighted by molar-refractivity contribution is 5.89. The molecule has 4 rings (SSSR count). The summed E-state index contributed by atoms with van der Waals surface area (Å²) in [5, 5.41) is 14.3. The highest BCUT2D eigenvalue weighted by Crippen LogP contribution is 2.19. The second-order valence-corrected chi connectivity index (χ2v) is 7.13. The predicted octanol–water partition coefficient (Wildman–Crippen LogP) is 2.60. The molecule has 1 N–H and O–H groups in total. The molecule has 0 saturated carbocycles. The highest BCUT2D eigenvalue weighted by Gasteiger charge is 2.24. The van der Waals surface area contributed by atoms with Crippen LogP contribution in [0.4, 0.5) is 19.3 Å². The monoisotopic (exact) mass is 413 g/mol. The Morgan fingerprint density at radius 3 is 2.37 bits per heavy atom. The van der Waals surface area contributed by atoms with E-state index in [1.54, 1.807) is 4.68 Å². The SMILES string of the molecule is Cc1ccc(-n2nnnc2CN2CCN(C(=O)Nc3c(F)cccc3F)CC2)cc1. The number of nitrogens with one attached hydrogen (secondary N) is 1. The van der Waals surface area contributed by atoms with E-state index in [0.717, 1.165) is 23.4 Å². The van der Waals surface area contributed by atoms with Gasteiger partial charge in [0.05, 0.1) is 12.2 Å². The van der Waals surface area contributed by atoms with Crippen LogP contribution in [0.2, 0.25) is 0 Å². The van der Waals surface area contributed by atoms with Crippen LogP contribution in [0.1, 0.15) is 11.4 Å². The van der Waals surface area contributed by atoms with Crippen LogP contribution >= 0.6 is 0 Å². The molecule has 1 fully saturated rings. The number of anilines is 1. The van der Waals surface area contributed by atoms with Gasteiger partial charge in [-0.1, -0.05) is 23.8 Å². The second-order valence-electron chi connectivity index (χ2n) is 7.13. The summed E-state index contributed by atoms with van der Waals surface area (Å²) in [4.78, 5) is 16.1. The second kappa shape index (κ2) is 8.54. The van der Waals surface area contributed by atoms with E-state index in [4.69, 9.17) is 0 Å². The van der Waals surface area contributed by atoms with E-state index >= 15 is 0 Å². The molecule has 1 saturated heterocycles. The third kappa shape index (κ3) is 4.28. The third-order valence-electron chi connectivity index (χ3n) is 5.03. The maximum atomic E-state index is 13.7. The third-order valence-corrected chi connectivity index (χ3v) is 5.03. The van der Waals surface area contributed by atoms with Crippen LogP contribution < -0.4 is 5.32 Å². The first-order valence-corrected chi connectivity index (χ1v) is 9.58. The molecular weight excluding hydrogens is 392 g/mol. The normalized spacial score (nSPS) is 14.7. The van der Waals surface area contributed by atoms with Crippen LogP contribution in [0.5, 0.6) is 0 Å². The van der Waals surface area contributed by atoms with E-state index in [1.807, 2.05) is 31.2 Å². The van der Waals surface area contributed by atoms with Crippen LogP contribution in [0, 0.1) is 18.6 Å². The lowest BCUT2D eigenvalue weighted by Crippen LogP contribution is -2.49. The molecule has 2 heterocycles. The molecule has 0 spiro atoms. The molecule has 0 bridgehead atoms. The number of urea groups is 1. The Hall–Kier alpha value is -3.40. The van der Waals surface area contributed by atoms with Crippen LogP contribution in [0.15, 0.2) is 42.5 Å². The van der Waals surface area contributed by atoms with E-state index < -0.39 is 23.4 Å². The number of carbonyl (C=O) groups excluding carboxylic acids is 1. The summed E-state index contributed by atoms with van der Waals surface area (Å²) in [6.45, 7) is 4.57. The van der Waals surface area contributed by atoms with E-state index in [1.165, 1.54) is 11.0 Å². The quantitative estimate of drug-likeness (QED) is 0.711. The van der Waals surface area contributed by atoms with Gasteiger partial charge < -0.3 is 10.2 Å². The van der Waals surface area contributed by atoms with E-state index in [0.29, 0.717) is 38.5 Å². The van der Waals surface area contributed by atoms with Crippen LogP contribution in [0.25, 0.3) is 5.69 Å². The predicted molar refractivity (Wildman–Crippen MR) is 106 cm³/mol. The van der Waals surface area contributed by atoms with Gasteiger partial charge in [-0.05, 0) is 41.6 Å². The summed E-state index contributed by atoms with van der Waals surface area (Å²) in [6.07, 6.45) is 0. The van der Waals surface area contributed by atoms with Crippen molar-refractivity contribution in [2.24, 2.45) is 0 Å². The van der Waals surface area contributed by atoms with Crippen molar-refractivity contribution in [2.45, 2.75) is 13.5 Å². The summed E-state index contributed by atoms with van der Waals surface area (Å²) < 4.78 is 29.2. The lowest BCUT2D eigenvalue weighted by atomic mass is 10.2. The molecule has 10 heteroatoms. The minimum absolute atomic E-state index is 0.425. The number of halogens is 2. The maximum Gasteiger partial charge on any atom is 0.322 e. The summed E-state index contributed by atoms with van der Waals surface area (Å²) in [5.41, 5.74) is 1.60. The van der Waals surface area contributed by atoms with Gasteiger partial charge in [0.2, 0.25) is 0 Å². The number of carbonyl (C=O) groups is 1. The van der Waals surface area contributed by atoms with Crippen LogP contribution in [-0.2, 0) is 6.54 Å². The summed E-state index contributed by atoms with van der Waals surface area (Å²) in [7, 11) is 0. The minimum atomic E-state index is -0.801. The van der Waals surface area contributed by atoms with Crippen molar-refractivity contribution in [1.82, 2.24) is 30.0 Å². The van der Waals surface area contributed by atoms with Gasteiger partial charge in [-0.2, -0.15) is 4.68 Å². The Kier molecular flexibility index (Phi) is 5.66. The van der Waals surface area contributed by atoms with Gasteiger partial charge in [0, 0.05) is 26.2 Å². The summed E-state index contributed by atoms with van der Waals surface area (Å²) in [5.74, 6) is -0.903. The zero-order chi connectivity index (χ0) is 21.1. The molecular formula is C20H21F2N7O. The number of tetrazole rings is 1. The molecule has 2 amide bonds. The van der Waals surface area contributed by atoms with Gasteiger partial charge in [0.1, 0.15) is 17.3 Å². The summed E-state index contributed by atoms with van der Waals surface area (Å²) >= 11 is 0. The molecule has 8 nitrogen and oxygen atoms in total. The number of benzene rings is 2. The lowest BCUT2D eigenvalue weighted by molar-refractivity contribution is 0.140. The molecule has 1 aromatic heterocycles. The molecule has 0 radical (unpaired) electrons. The Bertz CT molecular complexity index is 1010. The lowest BCUT2D eigenvalue weighted by Gasteiger charge is -2.34. The molecule has 1 aliphatic rings.